The summed E-state index contributed by atoms with van der Waals surface area (Å²) >= 11 is 1.64. The van der Waals surface area contributed by atoms with E-state index >= 15 is 0 Å². The van der Waals surface area contributed by atoms with E-state index in [0.29, 0.717) is 13.0 Å². The zero-order valence-electron chi connectivity index (χ0n) is 10.6. The van der Waals surface area contributed by atoms with Gasteiger partial charge in [-0.05, 0) is 41.7 Å². The van der Waals surface area contributed by atoms with Crippen LogP contribution in [0.2, 0.25) is 0 Å². The lowest BCUT2D eigenvalue weighted by Crippen LogP contribution is -2.38. The smallest absolute Gasteiger partial charge is 0.115 e. The van der Waals surface area contributed by atoms with Crippen molar-refractivity contribution in [3.05, 3.63) is 22.4 Å². The zero-order chi connectivity index (χ0) is 12.8. The van der Waals surface area contributed by atoms with Crippen LogP contribution < -0.4 is 0 Å². The van der Waals surface area contributed by atoms with Gasteiger partial charge in [0.05, 0.1) is 6.67 Å². The standard InChI is InChI=1S/C14H19F2NS/c1-2-14-5-11(7-15)13(10-3-4-18-9-10)17(14)8-12(16)6-14/h3-4,9,11-13H,2,5-8H2,1H3/t11?,12-,13+,14-/m1/s1. The lowest BCUT2D eigenvalue weighted by atomic mass is 9.86. The van der Waals surface area contributed by atoms with E-state index in [1.807, 2.05) is 5.38 Å². The number of hydrogen-bond donors (Lipinski definition) is 0. The van der Waals surface area contributed by atoms with E-state index in [0.717, 1.165) is 12.8 Å². The number of rotatable bonds is 3. The van der Waals surface area contributed by atoms with Gasteiger partial charge in [-0.1, -0.05) is 6.92 Å². The van der Waals surface area contributed by atoms with Crippen LogP contribution in [0.3, 0.4) is 0 Å². The second-order valence-electron chi connectivity index (χ2n) is 5.65. The zero-order valence-corrected chi connectivity index (χ0v) is 11.4. The Morgan fingerprint density at radius 2 is 2.33 bits per heavy atom. The molecule has 2 aliphatic heterocycles. The molecule has 0 N–H and O–H groups in total. The highest BCUT2D eigenvalue weighted by Crippen LogP contribution is 2.54. The SMILES string of the molecule is CC[C@]12CC(CF)[C@H](c3ccsc3)N1C[C@H](F)C2. The normalized spacial score (nSPS) is 40.3. The molecule has 3 rings (SSSR count). The first-order chi connectivity index (χ1) is 8.70. The van der Waals surface area contributed by atoms with Gasteiger partial charge in [0.1, 0.15) is 6.17 Å². The van der Waals surface area contributed by atoms with Crippen LogP contribution in [0.4, 0.5) is 8.78 Å². The molecule has 0 saturated carbocycles. The van der Waals surface area contributed by atoms with Crippen molar-refractivity contribution in [3.8, 4) is 0 Å². The number of fused-ring (bicyclic) bond motifs is 1. The lowest BCUT2D eigenvalue weighted by molar-refractivity contribution is 0.137. The molecule has 1 unspecified atom stereocenters. The molecular formula is C14H19F2NS. The quantitative estimate of drug-likeness (QED) is 0.804. The Morgan fingerprint density at radius 3 is 2.94 bits per heavy atom. The van der Waals surface area contributed by atoms with Crippen molar-refractivity contribution in [3.63, 3.8) is 0 Å². The van der Waals surface area contributed by atoms with Crippen molar-refractivity contribution < 1.29 is 8.78 Å². The molecule has 2 saturated heterocycles. The van der Waals surface area contributed by atoms with Crippen LogP contribution >= 0.6 is 11.3 Å². The molecule has 4 heteroatoms. The monoisotopic (exact) mass is 271 g/mol. The second kappa shape index (κ2) is 4.57. The first kappa shape index (κ1) is 12.5. The van der Waals surface area contributed by atoms with Gasteiger partial charge in [0, 0.05) is 24.0 Å². The first-order valence-corrected chi connectivity index (χ1v) is 7.63. The Kier molecular flexibility index (Phi) is 3.18. The molecule has 100 valence electrons. The molecule has 3 heterocycles. The first-order valence-electron chi connectivity index (χ1n) is 6.69. The fourth-order valence-corrected chi connectivity index (χ4v) is 4.68. The Hall–Kier alpha value is -0.480. The van der Waals surface area contributed by atoms with Gasteiger partial charge in [-0.25, -0.2) is 4.39 Å². The molecule has 0 bridgehead atoms. The van der Waals surface area contributed by atoms with Crippen molar-refractivity contribution >= 4 is 11.3 Å². The minimum atomic E-state index is -0.744. The summed E-state index contributed by atoms with van der Waals surface area (Å²) in [4.78, 5) is 2.25. The lowest BCUT2D eigenvalue weighted by Gasteiger charge is -2.33. The van der Waals surface area contributed by atoms with Crippen LogP contribution in [0.15, 0.2) is 16.8 Å². The second-order valence-corrected chi connectivity index (χ2v) is 6.43. The predicted octanol–water partition coefficient (Wildman–Crippen LogP) is 3.97. The van der Waals surface area contributed by atoms with Crippen LogP contribution in [0.1, 0.15) is 37.8 Å². The Morgan fingerprint density at radius 1 is 1.50 bits per heavy atom. The molecule has 0 aliphatic carbocycles. The maximum Gasteiger partial charge on any atom is 0.115 e. The molecule has 1 aromatic rings. The van der Waals surface area contributed by atoms with E-state index < -0.39 is 6.17 Å². The van der Waals surface area contributed by atoms with Crippen molar-refractivity contribution in [1.29, 1.82) is 0 Å². The summed E-state index contributed by atoms with van der Waals surface area (Å²) in [5.74, 6) is 0.0343. The van der Waals surface area contributed by atoms with Crippen LogP contribution in [0, 0.1) is 5.92 Å². The highest BCUT2D eigenvalue weighted by atomic mass is 32.1. The van der Waals surface area contributed by atoms with Gasteiger partial charge in [-0.2, -0.15) is 11.3 Å². The minimum Gasteiger partial charge on any atom is -0.287 e. The summed E-state index contributed by atoms with van der Waals surface area (Å²) in [7, 11) is 0. The van der Waals surface area contributed by atoms with Crippen LogP contribution in [0.25, 0.3) is 0 Å². The van der Waals surface area contributed by atoms with Crippen LogP contribution in [-0.2, 0) is 0 Å². The number of hydrogen-bond acceptors (Lipinski definition) is 2. The molecule has 2 aliphatic rings. The largest absolute Gasteiger partial charge is 0.287 e. The van der Waals surface area contributed by atoms with Gasteiger partial charge in [-0.3, -0.25) is 9.29 Å². The number of nitrogens with zero attached hydrogens (tertiary/aromatic N) is 1. The van der Waals surface area contributed by atoms with Gasteiger partial charge >= 0.3 is 0 Å². The average molecular weight is 271 g/mol. The van der Waals surface area contributed by atoms with E-state index in [4.69, 9.17) is 0 Å². The molecule has 4 atom stereocenters. The highest BCUT2D eigenvalue weighted by Gasteiger charge is 2.56. The maximum absolute atomic E-state index is 13.8. The van der Waals surface area contributed by atoms with Crippen molar-refractivity contribution in [2.24, 2.45) is 5.92 Å². The third-order valence-corrected chi connectivity index (χ3v) is 5.47. The van der Waals surface area contributed by atoms with Crippen molar-refractivity contribution in [2.45, 2.75) is 43.9 Å². The number of thiophene rings is 1. The summed E-state index contributed by atoms with van der Waals surface area (Å²) in [6.45, 7) is 2.29. The van der Waals surface area contributed by atoms with Gasteiger partial charge in [-0.15, -0.1) is 0 Å². The molecule has 0 radical (unpaired) electrons. The van der Waals surface area contributed by atoms with Crippen LogP contribution in [-0.4, -0.2) is 29.8 Å². The molecule has 1 nitrogen and oxygen atoms in total. The summed E-state index contributed by atoms with van der Waals surface area (Å²) < 4.78 is 27.1. The van der Waals surface area contributed by atoms with Gasteiger partial charge < -0.3 is 0 Å². The third kappa shape index (κ3) is 1.73. The summed E-state index contributed by atoms with van der Waals surface area (Å²) in [5, 5.41) is 4.12. The highest BCUT2D eigenvalue weighted by molar-refractivity contribution is 7.07. The van der Waals surface area contributed by atoms with E-state index in [9.17, 15) is 8.78 Å². The Labute approximate surface area is 111 Å². The molecule has 0 spiro atoms. The molecule has 0 aromatic carbocycles. The van der Waals surface area contributed by atoms with Crippen molar-refractivity contribution in [1.82, 2.24) is 4.90 Å². The minimum absolute atomic E-state index is 0.0343. The Bertz CT molecular complexity index is 408. The van der Waals surface area contributed by atoms with E-state index in [1.54, 1.807) is 11.3 Å². The predicted molar refractivity (Wildman–Crippen MR) is 70.4 cm³/mol. The van der Waals surface area contributed by atoms with Gasteiger partial charge in [0.25, 0.3) is 0 Å². The van der Waals surface area contributed by atoms with Crippen LogP contribution in [0.5, 0.6) is 0 Å². The number of alkyl halides is 2. The van der Waals surface area contributed by atoms with Gasteiger partial charge in [0.2, 0.25) is 0 Å². The Balaban J connectivity index is 1.96. The van der Waals surface area contributed by atoms with E-state index in [2.05, 4.69) is 23.3 Å². The molecule has 18 heavy (non-hydrogen) atoms. The summed E-state index contributed by atoms with van der Waals surface area (Å²) in [5.41, 5.74) is 1.08. The van der Waals surface area contributed by atoms with E-state index in [1.165, 1.54) is 5.56 Å². The topological polar surface area (TPSA) is 3.24 Å². The molecular weight excluding hydrogens is 252 g/mol. The fraction of sp³-hybridized carbons (Fsp3) is 0.714. The maximum atomic E-state index is 13.8. The fourth-order valence-electron chi connectivity index (χ4n) is 3.99. The number of halogens is 2. The van der Waals surface area contributed by atoms with E-state index in [-0.39, 0.29) is 24.2 Å². The molecule has 1 aromatic heterocycles. The molecule has 0 amide bonds. The molecule has 2 fully saturated rings. The summed E-state index contributed by atoms with van der Waals surface area (Å²) in [6, 6.07) is 2.15. The van der Waals surface area contributed by atoms with Gasteiger partial charge in [0.15, 0.2) is 0 Å². The average Bonchev–Trinajstić information content (AvgIpc) is 3.01. The third-order valence-electron chi connectivity index (χ3n) is 4.77. The van der Waals surface area contributed by atoms with Crippen molar-refractivity contribution in [2.75, 3.05) is 13.2 Å². The summed E-state index contributed by atoms with van der Waals surface area (Å²) in [6.07, 6.45) is 1.57.